The Bertz CT molecular complexity index is 479. The first-order valence-corrected chi connectivity index (χ1v) is 7.51. The highest BCUT2D eigenvalue weighted by molar-refractivity contribution is 6.42. The molecule has 0 heterocycles. The lowest BCUT2D eigenvalue weighted by atomic mass is 9.90. The first kappa shape index (κ1) is 17.3. The topological polar surface area (TPSA) is 38.3 Å². The van der Waals surface area contributed by atoms with E-state index in [2.05, 4.69) is 12.2 Å². The first-order chi connectivity index (χ1) is 9.35. The van der Waals surface area contributed by atoms with Gasteiger partial charge in [-0.05, 0) is 44.9 Å². The molecule has 0 aromatic heterocycles. The van der Waals surface area contributed by atoms with Gasteiger partial charge in [0, 0.05) is 6.04 Å². The largest absolute Gasteiger partial charge is 0.464 e. The van der Waals surface area contributed by atoms with Crippen LogP contribution in [-0.2, 0) is 15.1 Å². The number of carbonyl (C=O) groups excluding carboxylic acids is 1. The second-order valence-corrected chi connectivity index (χ2v) is 5.74. The highest BCUT2D eigenvalue weighted by atomic mass is 35.5. The van der Waals surface area contributed by atoms with Gasteiger partial charge in [-0.3, -0.25) is 5.32 Å². The summed E-state index contributed by atoms with van der Waals surface area (Å²) in [5, 5.41) is 4.20. The molecular formula is C15H21Cl2NO2. The van der Waals surface area contributed by atoms with E-state index in [-0.39, 0.29) is 12.0 Å². The number of nitrogens with one attached hydrogen (secondary N) is 1. The number of hydrogen-bond acceptors (Lipinski definition) is 3. The molecule has 1 rings (SSSR count). The summed E-state index contributed by atoms with van der Waals surface area (Å²) >= 11 is 12.0. The second kappa shape index (κ2) is 7.30. The summed E-state index contributed by atoms with van der Waals surface area (Å²) in [5.41, 5.74) is -0.203. The molecule has 0 fully saturated rings. The zero-order valence-corrected chi connectivity index (χ0v) is 13.8. The number of halogens is 2. The molecule has 5 heteroatoms. The van der Waals surface area contributed by atoms with Gasteiger partial charge in [-0.2, -0.15) is 0 Å². The lowest BCUT2D eigenvalue weighted by Crippen LogP contribution is -2.51. The fourth-order valence-corrected chi connectivity index (χ4v) is 2.24. The van der Waals surface area contributed by atoms with Crippen molar-refractivity contribution >= 4 is 29.2 Å². The molecule has 0 aliphatic carbocycles. The van der Waals surface area contributed by atoms with Crippen LogP contribution in [0.5, 0.6) is 0 Å². The third-order valence-electron chi connectivity index (χ3n) is 3.33. The van der Waals surface area contributed by atoms with E-state index in [0.29, 0.717) is 16.7 Å². The van der Waals surface area contributed by atoms with Crippen LogP contribution in [0, 0.1) is 0 Å². The van der Waals surface area contributed by atoms with Crippen LogP contribution >= 0.6 is 23.2 Å². The number of hydrogen-bond donors (Lipinski definition) is 1. The van der Waals surface area contributed by atoms with Crippen molar-refractivity contribution in [2.24, 2.45) is 0 Å². The Morgan fingerprint density at radius 3 is 2.50 bits per heavy atom. The maximum absolute atomic E-state index is 12.4. The summed E-state index contributed by atoms with van der Waals surface area (Å²) in [5.74, 6) is -0.321. The number of ether oxygens (including phenoxy) is 1. The fraction of sp³-hybridized carbons (Fsp3) is 0.533. The Labute approximate surface area is 130 Å². The molecule has 112 valence electrons. The van der Waals surface area contributed by atoms with E-state index in [1.807, 2.05) is 6.92 Å². The molecule has 1 aromatic rings. The average molecular weight is 318 g/mol. The number of rotatable bonds is 6. The molecule has 2 unspecified atom stereocenters. The Balaban J connectivity index is 3.21. The molecule has 0 bridgehead atoms. The third kappa shape index (κ3) is 3.87. The lowest BCUT2D eigenvalue weighted by Gasteiger charge is -2.32. The van der Waals surface area contributed by atoms with Gasteiger partial charge in [0.15, 0.2) is 0 Å². The van der Waals surface area contributed by atoms with E-state index >= 15 is 0 Å². The summed E-state index contributed by atoms with van der Waals surface area (Å²) in [6, 6.07) is 5.35. The van der Waals surface area contributed by atoms with E-state index in [0.717, 1.165) is 12.0 Å². The van der Waals surface area contributed by atoms with Crippen LogP contribution < -0.4 is 5.32 Å². The highest BCUT2D eigenvalue weighted by Gasteiger charge is 2.37. The number of benzene rings is 1. The summed E-state index contributed by atoms with van der Waals surface area (Å²) in [6.07, 6.45) is 0.899. The minimum Gasteiger partial charge on any atom is -0.464 e. The van der Waals surface area contributed by atoms with Crippen molar-refractivity contribution in [1.82, 2.24) is 5.32 Å². The van der Waals surface area contributed by atoms with Crippen molar-refractivity contribution in [3.63, 3.8) is 0 Å². The van der Waals surface area contributed by atoms with Crippen LogP contribution in [0.4, 0.5) is 0 Å². The van der Waals surface area contributed by atoms with Gasteiger partial charge in [0.2, 0.25) is 0 Å². The van der Waals surface area contributed by atoms with Crippen molar-refractivity contribution in [3.8, 4) is 0 Å². The maximum atomic E-state index is 12.4. The molecule has 1 N–H and O–H groups in total. The van der Waals surface area contributed by atoms with Gasteiger partial charge < -0.3 is 4.74 Å². The fourth-order valence-electron chi connectivity index (χ4n) is 1.94. The normalized spacial score (nSPS) is 15.5. The monoisotopic (exact) mass is 317 g/mol. The van der Waals surface area contributed by atoms with E-state index < -0.39 is 5.54 Å². The highest BCUT2D eigenvalue weighted by Crippen LogP contribution is 2.30. The smallest absolute Gasteiger partial charge is 0.330 e. The molecule has 3 nitrogen and oxygen atoms in total. The van der Waals surface area contributed by atoms with E-state index in [4.69, 9.17) is 27.9 Å². The SMILES string of the molecule is CCOC(=O)C(C)(NC(C)CC)c1ccc(Cl)c(Cl)c1. The van der Waals surface area contributed by atoms with Crippen LogP contribution in [0.25, 0.3) is 0 Å². The first-order valence-electron chi connectivity index (χ1n) is 6.75. The molecule has 2 atom stereocenters. The predicted molar refractivity (Wildman–Crippen MR) is 83.3 cm³/mol. The minimum atomic E-state index is -0.945. The van der Waals surface area contributed by atoms with Crippen molar-refractivity contribution in [2.75, 3.05) is 6.61 Å². The van der Waals surface area contributed by atoms with Crippen LogP contribution in [0.2, 0.25) is 10.0 Å². The Hall–Kier alpha value is -0.770. The van der Waals surface area contributed by atoms with Gasteiger partial charge in [0.05, 0.1) is 16.7 Å². The van der Waals surface area contributed by atoms with Gasteiger partial charge in [-0.25, -0.2) is 4.79 Å². The minimum absolute atomic E-state index is 0.166. The van der Waals surface area contributed by atoms with Crippen LogP contribution in [0.3, 0.4) is 0 Å². The van der Waals surface area contributed by atoms with Gasteiger partial charge >= 0.3 is 5.97 Å². The number of esters is 1. The molecule has 0 saturated heterocycles. The van der Waals surface area contributed by atoms with Crippen molar-refractivity contribution in [3.05, 3.63) is 33.8 Å². The number of carbonyl (C=O) groups is 1. The Morgan fingerprint density at radius 1 is 1.35 bits per heavy atom. The van der Waals surface area contributed by atoms with Crippen LogP contribution in [0.1, 0.15) is 39.7 Å². The molecule has 0 aliphatic rings. The van der Waals surface area contributed by atoms with Gasteiger partial charge in [-0.15, -0.1) is 0 Å². The average Bonchev–Trinajstić information content (AvgIpc) is 2.41. The molecule has 0 amide bonds. The van der Waals surface area contributed by atoms with E-state index in [1.165, 1.54) is 0 Å². The molecule has 1 aromatic carbocycles. The zero-order chi connectivity index (χ0) is 15.3. The van der Waals surface area contributed by atoms with Gasteiger partial charge in [0.1, 0.15) is 5.54 Å². The van der Waals surface area contributed by atoms with Gasteiger partial charge in [0.25, 0.3) is 0 Å². The zero-order valence-electron chi connectivity index (χ0n) is 12.3. The van der Waals surface area contributed by atoms with Crippen molar-refractivity contribution in [2.45, 2.75) is 45.7 Å². The summed E-state index contributed by atoms with van der Waals surface area (Å²) < 4.78 is 5.20. The molecular weight excluding hydrogens is 297 g/mol. The van der Waals surface area contributed by atoms with Crippen molar-refractivity contribution in [1.29, 1.82) is 0 Å². The molecule has 0 spiro atoms. The quantitative estimate of drug-likeness (QED) is 0.801. The van der Waals surface area contributed by atoms with Crippen molar-refractivity contribution < 1.29 is 9.53 Å². The summed E-state index contributed by atoms with van der Waals surface area (Å²) in [6.45, 7) is 8.00. The molecule has 0 aliphatic heterocycles. The summed E-state index contributed by atoms with van der Waals surface area (Å²) in [7, 11) is 0. The Morgan fingerprint density at radius 2 is 2.00 bits per heavy atom. The second-order valence-electron chi connectivity index (χ2n) is 4.93. The third-order valence-corrected chi connectivity index (χ3v) is 4.07. The molecule has 0 saturated carbocycles. The van der Waals surface area contributed by atoms with E-state index in [1.54, 1.807) is 32.0 Å². The maximum Gasteiger partial charge on any atom is 0.330 e. The van der Waals surface area contributed by atoms with Crippen LogP contribution in [0.15, 0.2) is 18.2 Å². The Kier molecular flexibility index (Phi) is 6.31. The predicted octanol–water partition coefficient (Wildman–Crippen LogP) is 4.16. The van der Waals surface area contributed by atoms with Gasteiger partial charge in [-0.1, -0.05) is 36.2 Å². The standard InChI is InChI=1S/C15H21Cl2NO2/c1-5-10(3)18-15(4,14(19)20-6-2)11-7-8-12(16)13(17)9-11/h7-10,18H,5-6H2,1-4H3. The van der Waals surface area contributed by atoms with E-state index in [9.17, 15) is 4.79 Å². The molecule has 0 radical (unpaired) electrons. The van der Waals surface area contributed by atoms with Crippen LogP contribution in [-0.4, -0.2) is 18.6 Å². The summed E-state index contributed by atoms with van der Waals surface area (Å²) in [4.78, 5) is 12.4. The molecule has 20 heavy (non-hydrogen) atoms. The lowest BCUT2D eigenvalue weighted by molar-refractivity contribution is -0.151.